The summed E-state index contributed by atoms with van der Waals surface area (Å²) >= 11 is 0. The first kappa shape index (κ1) is 11.6. The summed E-state index contributed by atoms with van der Waals surface area (Å²) in [4.78, 5) is 21.1. The summed E-state index contributed by atoms with van der Waals surface area (Å²) in [5, 5.41) is 0. The van der Waals surface area contributed by atoms with Gasteiger partial charge < -0.3 is 4.74 Å². The maximum atomic E-state index is 10.3. The monoisotopic (exact) mass is 233 g/mol. The van der Waals surface area contributed by atoms with Gasteiger partial charge in [-0.15, -0.1) is 0 Å². The average molecular weight is 233 g/mol. The van der Waals surface area contributed by atoms with Crippen LogP contribution in [0.3, 0.4) is 0 Å². The van der Waals surface area contributed by atoms with Crippen molar-refractivity contribution < 1.29 is 14.3 Å². The van der Waals surface area contributed by atoms with E-state index < -0.39 is 6.09 Å². The van der Waals surface area contributed by atoms with Crippen molar-refractivity contribution in [3.05, 3.63) is 35.9 Å². The highest BCUT2D eigenvalue weighted by Gasteiger charge is 2.22. The van der Waals surface area contributed by atoms with Crippen LogP contribution in [-0.2, 0) is 9.53 Å². The van der Waals surface area contributed by atoms with Crippen LogP contribution in [0.15, 0.2) is 30.3 Å². The summed E-state index contributed by atoms with van der Waals surface area (Å²) in [5.41, 5.74) is 1.53. The summed E-state index contributed by atoms with van der Waals surface area (Å²) in [6.45, 7) is 0.722. The van der Waals surface area contributed by atoms with Crippen molar-refractivity contribution in [2.24, 2.45) is 0 Å². The van der Waals surface area contributed by atoms with Crippen LogP contribution >= 0.6 is 0 Å². The molecule has 2 fully saturated rings. The number of hydrogen-bond acceptors (Lipinski definition) is 3. The van der Waals surface area contributed by atoms with Crippen molar-refractivity contribution >= 4 is 12.5 Å². The molecular weight excluding hydrogens is 218 g/mol. The largest absolute Gasteiger partial charge is 0.447 e. The lowest BCUT2D eigenvalue weighted by Crippen LogP contribution is -2.21. The van der Waals surface area contributed by atoms with E-state index in [9.17, 15) is 9.59 Å². The second-order valence-corrected chi connectivity index (χ2v) is 4.10. The number of cyclic esters (lactones) is 1. The number of nitrogens with zero attached hydrogens (tertiary/aromatic N) is 1. The van der Waals surface area contributed by atoms with Crippen LogP contribution < -0.4 is 0 Å². The van der Waals surface area contributed by atoms with Crippen molar-refractivity contribution in [2.45, 2.75) is 18.8 Å². The van der Waals surface area contributed by atoms with Crippen molar-refractivity contribution in [3.63, 3.8) is 0 Å². The summed E-state index contributed by atoms with van der Waals surface area (Å²) in [5.74, 6) is 0.909. The number of ether oxygens (including phenoxy) is 1. The van der Waals surface area contributed by atoms with Gasteiger partial charge in [-0.1, -0.05) is 30.3 Å². The Labute approximate surface area is 100 Å². The molecule has 3 rings (SSSR count). The molecule has 0 bridgehead atoms. The Morgan fingerprint density at radius 3 is 2.35 bits per heavy atom. The zero-order chi connectivity index (χ0) is 12.1. The van der Waals surface area contributed by atoms with Crippen LogP contribution in [0.1, 0.15) is 24.3 Å². The molecule has 0 unspecified atom stereocenters. The minimum atomic E-state index is -0.542. The Bertz CT molecular complexity index is 387. The fourth-order valence-electron chi connectivity index (χ4n) is 1.64. The van der Waals surface area contributed by atoms with Crippen LogP contribution in [0.25, 0.3) is 0 Å². The van der Waals surface area contributed by atoms with Gasteiger partial charge in [0.15, 0.2) is 0 Å². The molecule has 2 aliphatic rings. The molecule has 4 nitrogen and oxygen atoms in total. The normalized spacial score (nSPS) is 18.1. The van der Waals surface area contributed by atoms with E-state index in [4.69, 9.17) is 0 Å². The van der Waals surface area contributed by atoms with Crippen LogP contribution in [0.5, 0.6) is 0 Å². The van der Waals surface area contributed by atoms with E-state index in [1.807, 2.05) is 0 Å². The Balaban J connectivity index is 0.000000128. The predicted octanol–water partition coefficient (Wildman–Crippen LogP) is 2.16. The van der Waals surface area contributed by atoms with E-state index in [0.29, 0.717) is 19.6 Å². The molecule has 1 aliphatic carbocycles. The number of benzene rings is 1. The quantitative estimate of drug-likeness (QED) is 0.735. The SMILES string of the molecule is O=CN1CCOC1=O.c1ccc(C2CC2)cc1. The lowest BCUT2D eigenvalue weighted by atomic mass is 10.1. The van der Waals surface area contributed by atoms with Crippen LogP contribution in [-0.4, -0.2) is 30.6 Å². The number of hydrogen-bond donors (Lipinski definition) is 0. The fraction of sp³-hybridized carbons (Fsp3) is 0.385. The van der Waals surface area contributed by atoms with Gasteiger partial charge in [0.1, 0.15) is 6.61 Å². The molecule has 4 heteroatoms. The van der Waals surface area contributed by atoms with Crippen molar-refractivity contribution in [1.29, 1.82) is 0 Å². The number of amides is 2. The molecule has 2 amide bonds. The van der Waals surface area contributed by atoms with Gasteiger partial charge in [0.2, 0.25) is 6.41 Å². The van der Waals surface area contributed by atoms with Gasteiger partial charge >= 0.3 is 6.09 Å². The minimum absolute atomic E-state index is 0.331. The van der Waals surface area contributed by atoms with Crippen molar-refractivity contribution in [3.8, 4) is 0 Å². The molecule has 0 aromatic heterocycles. The first-order chi connectivity index (χ1) is 8.31. The number of rotatable bonds is 2. The third kappa shape index (κ3) is 3.31. The van der Waals surface area contributed by atoms with Gasteiger partial charge in [0.25, 0.3) is 0 Å². The van der Waals surface area contributed by atoms with Gasteiger partial charge in [-0.05, 0) is 24.3 Å². The maximum absolute atomic E-state index is 10.3. The lowest BCUT2D eigenvalue weighted by Gasteiger charge is -1.97. The third-order valence-electron chi connectivity index (χ3n) is 2.77. The molecule has 1 heterocycles. The van der Waals surface area contributed by atoms with Gasteiger partial charge in [0.05, 0.1) is 6.54 Å². The van der Waals surface area contributed by atoms with E-state index in [1.165, 1.54) is 18.4 Å². The topological polar surface area (TPSA) is 46.6 Å². The first-order valence-corrected chi connectivity index (χ1v) is 5.75. The third-order valence-corrected chi connectivity index (χ3v) is 2.77. The van der Waals surface area contributed by atoms with Crippen molar-refractivity contribution in [2.75, 3.05) is 13.2 Å². The molecular formula is C13H15NO3. The molecule has 1 aromatic carbocycles. The number of imide groups is 1. The zero-order valence-corrected chi connectivity index (χ0v) is 9.54. The molecule has 1 saturated carbocycles. The first-order valence-electron chi connectivity index (χ1n) is 5.75. The second kappa shape index (κ2) is 5.48. The predicted molar refractivity (Wildman–Crippen MR) is 62.5 cm³/mol. The van der Waals surface area contributed by atoms with Crippen LogP contribution in [0.2, 0.25) is 0 Å². The summed E-state index contributed by atoms with van der Waals surface area (Å²) in [6, 6.07) is 10.8. The summed E-state index contributed by atoms with van der Waals surface area (Å²) in [6.07, 6.45) is 2.74. The van der Waals surface area contributed by atoms with Gasteiger partial charge in [-0.25, -0.2) is 9.69 Å². The van der Waals surface area contributed by atoms with Crippen molar-refractivity contribution in [1.82, 2.24) is 4.90 Å². The van der Waals surface area contributed by atoms with Gasteiger partial charge in [-0.3, -0.25) is 4.79 Å². The summed E-state index contributed by atoms with van der Waals surface area (Å²) < 4.78 is 4.41. The van der Waals surface area contributed by atoms with E-state index in [-0.39, 0.29) is 0 Å². The molecule has 1 saturated heterocycles. The highest BCUT2D eigenvalue weighted by atomic mass is 16.6. The molecule has 1 aliphatic heterocycles. The van der Waals surface area contributed by atoms with E-state index in [1.54, 1.807) is 0 Å². The molecule has 90 valence electrons. The van der Waals surface area contributed by atoms with E-state index in [0.717, 1.165) is 10.8 Å². The van der Waals surface area contributed by atoms with Crippen LogP contribution in [0, 0.1) is 0 Å². The van der Waals surface area contributed by atoms with Crippen LogP contribution in [0.4, 0.5) is 4.79 Å². The van der Waals surface area contributed by atoms with Gasteiger partial charge in [0, 0.05) is 0 Å². The summed E-state index contributed by atoms with van der Waals surface area (Å²) in [7, 11) is 0. The smallest absolute Gasteiger partial charge is 0.416 e. The Morgan fingerprint density at radius 1 is 1.24 bits per heavy atom. The zero-order valence-electron chi connectivity index (χ0n) is 9.54. The lowest BCUT2D eigenvalue weighted by molar-refractivity contribution is -0.115. The number of carbonyl (C=O) groups is 2. The van der Waals surface area contributed by atoms with Gasteiger partial charge in [-0.2, -0.15) is 0 Å². The van der Waals surface area contributed by atoms with E-state index in [2.05, 4.69) is 35.1 Å². The molecule has 1 aromatic rings. The Hall–Kier alpha value is -1.84. The molecule has 17 heavy (non-hydrogen) atoms. The highest BCUT2D eigenvalue weighted by Crippen LogP contribution is 2.39. The second-order valence-electron chi connectivity index (χ2n) is 4.10. The minimum Gasteiger partial charge on any atom is -0.447 e. The molecule has 0 spiro atoms. The highest BCUT2D eigenvalue weighted by molar-refractivity contribution is 5.81. The number of carbonyl (C=O) groups excluding carboxylic acids is 2. The molecule has 0 radical (unpaired) electrons. The fourth-order valence-corrected chi connectivity index (χ4v) is 1.64. The molecule has 0 N–H and O–H groups in total. The Morgan fingerprint density at radius 2 is 1.94 bits per heavy atom. The van der Waals surface area contributed by atoms with E-state index >= 15 is 0 Å². The average Bonchev–Trinajstić information content (AvgIpc) is 3.14. The standard InChI is InChI=1S/C9H10.C4H5NO3/c1-2-4-8(5-3-1)9-6-7-9;6-3-5-1-2-8-4(5)7/h1-5,9H,6-7H2;3H,1-2H2. The molecule has 0 atom stereocenters. The Kier molecular flexibility index (Phi) is 3.75. The maximum Gasteiger partial charge on any atom is 0.416 e.